The molecule has 6 nitrogen and oxygen atoms in total. The summed E-state index contributed by atoms with van der Waals surface area (Å²) in [6.07, 6.45) is 0. The minimum atomic E-state index is -0.569. The lowest BCUT2D eigenvalue weighted by molar-refractivity contribution is -0.143. The monoisotopic (exact) mass is 381 g/mol. The van der Waals surface area contributed by atoms with E-state index in [0.717, 1.165) is 0 Å². The third kappa shape index (κ3) is 4.35. The van der Waals surface area contributed by atoms with Crippen LogP contribution in [0.4, 0.5) is 0 Å². The fourth-order valence-electron chi connectivity index (χ4n) is 2.14. The van der Waals surface area contributed by atoms with Gasteiger partial charge in [-0.15, -0.1) is 0 Å². The van der Waals surface area contributed by atoms with E-state index in [1.54, 1.807) is 36.4 Å². The Bertz CT molecular complexity index is 825. The minimum Gasteiger partial charge on any atom is -0.460 e. The van der Waals surface area contributed by atoms with Crippen LogP contribution in [0.3, 0.4) is 0 Å². The van der Waals surface area contributed by atoms with Crippen molar-refractivity contribution >= 4 is 35.1 Å². The number of halogens is 2. The molecular weight excluding hydrogens is 369 g/mol. The summed E-state index contributed by atoms with van der Waals surface area (Å²) < 4.78 is 15.5. The van der Waals surface area contributed by atoms with Gasteiger partial charge in [-0.2, -0.15) is 0 Å². The molecule has 130 valence electrons. The van der Waals surface area contributed by atoms with Crippen LogP contribution in [0.15, 0.2) is 36.4 Å². The molecule has 1 aliphatic heterocycles. The largest absolute Gasteiger partial charge is 0.460 e. The van der Waals surface area contributed by atoms with Gasteiger partial charge in [0.1, 0.15) is 13.2 Å². The Balaban J connectivity index is 1.48. The molecule has 0 atom stereocenters. The number of esters is 1. The van der Waals surface area contributed by atoms with Gasteiger partial charge in [0.2, 0.25) is 6.79 Å². The summed E-state index contributed by atoms with van der Waals surface area (Å²) in [5.74, 6) is 0.0948. The number of benzene rings is 2. The molecule has 0 bridgehead atoms. The SMILES string of the molecule is O=C(CNC(=O)c1ccc2c(c1)OCO2)OCc1ccc(Cl)c(Cl)c1. The van der Waals surface area contributed by atoms with Gasteiger partial charge in [-0.05, 0) is 35.9 Å². The molecule has 8 heteroatoms. The summed E-state index contributed by atoms with van der Waals surface area (Å²) in [6, 6.07) is 9.71. The Morgan fingerprint density at radius 3 is 2.64 bits per heavy atom. The lowest BCUT2D eigenvalue weighted by Gasteiger charge is -2.08. The van der Waals surface area contributed by atoms with Gasteiger partial charge in [0.25, 0.3) is 5.91 Å². The Hall–Kier alpha value is -2.44. The van der Waals surface area contributed by atoms with Crippen molar-refractivity contribution in [2.75, 3.05) is 13.3 Å². The second-order valence-corrected chi connectivity index (χ2v) is 5.97. The van der Waals surface area contributed by atoms with E-state index in [9.17, 15) is 9.59 Å². The molecule has 2 aromatic carbocycles. The maximum Gasteiger partial charge on any atom is 0.325 e. The summed E-state index contributed by atoms with van der Waals surface area (Å²) in [5, 5.41) is 3.29. The van der Waals surface area contributed by atoms with Crippen molar-refractivity contribution in [1.29, 1.82) is 0 Å². The highest BCUT2D eigenvalue weighted by molar-refractivity contribution is 6.42. The van der Waals surface area contributed by atoms with Crippen molar-refractivity contribution in [3.8, 4) is 11.5 Å². The van der Waals surface area contributed by atoms with Crippen LogP contribution in [0.25, 0.3) is 0 Å². The Morgan fingerprint density at radius 2 is 1.84 bits per heavy atom. The van der Waals surface area contributed by atoms with Crippen molar-refractivity contribution in [2.24, 2.45) is 0 Å². The van der Waals surface area contributed by atoms with Crippen LogP contribution >= 0.6 is 23.2 Å². The molecule has 3 rings (SSSR count). The molecule has 0 aliphatic carbocycles. The number of hydrogen-bond donors (Lipinski definition) is 1. The summed E-state index contributed by atoms with van der Waals surface area (Å²) in [7, 11) is 0. The first-order valence-electron chi connectivity index (χ1n) is 7.30. The lowest BCUT2D eigenvalue weighted by atomic mass is 10.2. The molecule has 1 amide bonds. The fourth-order valence-corrected chi connectivity index (χ4v) is 2.46. The van der Waals surface area contributed by atoms with Crippen molar-refractivity contribution < 1.29 is 23.8 Å². The van der Waals surface area contributed by atoms with Gasteiger partial charge in [0.15, 0.2) is 11.5 Å². The molecule has 0 saturated heterocycles. The van der Waals surface area contributed by atoms with Gasteiger partial charge in [-0.1, -0.05) is 29.3 Å². The summed E-state index contributed by atoms with van der Waals surface area (Å²) in [4.78, 5) is 23.8. The van der Waals surface area contributed by atoms with E-state index in [1.165, 1.54) is 0 Å². The van der Waals surface area contributed by atoms with Gasteiger partial charge < -0.3 is 19.5 Å². The molecule has 0 radical (unpaired) electrons. The van der Waals surface area contributed by atoms with Crippen LogP contribution in [0.5, 0.6) is 11.5 Å². The quantitative estimate of drug-likeness (QED) is 0.804. The number of rotatable bonds is 5. The zero-order valence-electron chi connectivity index (χ0n) is 12.9. The molecule has 0 saturated carbocycles. The van der Waals surface area contributed by atoms with Crippen LogP contribution in [-0.2, 0) is 16.1 Å². The highest BCUT2D eigenvalue weighted by atomic mass is 35.5. The fraction of sp³-hybridized carbons (Fsp3) is 0.176. The number of fused-ring (bicyclic) bond motifs is 1. The number of nitrogens with one attached hydrogen (secondary N) is 1. The van der Waals surface area contributed by atoms with Crippen molar-refractivity contribution in [2.45, 2.75) is 6.61 Å². The van der Waals surface area contributed by atoms with Gasteiger partial charge >= 0.3 is 5.97 Å². The zero-order chi connectivity index (χ0) is 17.8. The average Bonchev–Trinajstić information content (AvgIpc) is 3.08. The maximum absolute atomic E-state index is 12.1. The Morgan fingerprint density at radius 1 is 1.04 bits per heavy atom. The molecule has 1 N–H and O–H groups in total. The summed E-state index contributed by atoms with van der Waals surface area (Å²) in [6.45, 7) is -0.0916. The molecule has 1 aliphatic rings. The Labute approximate surface area is 153 Å². The first kappa shape index (κ1) is 17.4. The molecule has 0 fully saturated rings. The first-order chi connectivity index (χ1) is 12.0. The van der Waals surface area contributed by atoms with Gasteiger partial charge in [-0.3, -0.25) is 9.59 Å². The van der Waals surface area contributed by atoms with E-state index in [1.807, 2.05) is 0 Å². The zero-order valence-corrected chi connectivity index (χ0v) is 14.4. The van der Waals surface area contributed by atoms with Gasteiger partial charge in [-0.25, -0.2) is 0 Å². The molecule has 0 aromatic heterocycles. The van der Waals surface area contributed by atoms with E-state index in [-0.39, 0.29) is 19.9 Å². The van der Waals surface area contributed by atoms with E-state index in [4.69, 9.17) is 37.4 Å². The van der Waals surface area contributed by atoms with Crippen LogP contribution in [-0.4, -0.2) is 25.2 Å². The van der Waals surface area contributed by atoms with Crippen molar-refractivity contribution in [3.05, 3.63) is 57.6 Å². The third-order valence-corrected chi connectivity index (χ3v) is 4.15. The number of carbonyl (C=O) groups is 2. The Kier molecular flexibility index (Phi) is 5.31. The van der Waals surface area contributed by atoms with E-state index >= 15 is 0 Å². The standard InChI is InChI=1S/C17H13Cl2NO5/c18-12-3-1-10(5-13(12)19)8-23-16(21)7-20-17(22)11-2-4-14-15(6-11)25-9-24-14/h1-6H,7-9H2,(H,20,22). The summed E-state index contributed by atoms with van der Waals surface area (Å²) in [5.41, 5.74) is 1.06. The van der Waals surface area contributed by atoms with Crippen LogP contribution < -0.4 is 14.8 Å². The van der Waals surface area contributed by atoms with Crippen LogP contribution in [0, 0.1) is 0 Å². The van der Waals surface area contributed by atoms with Crippen molar-refractivity contribution in [1.82, 2.24) is 5.32 Å². The molecule has 25 heavy (non-hydrogen) atoms. The third-order valence-electron chi connectivity index (χ3n) is 3.41. The number of ether oxygens (including phenoxy) is 3. The molecular formula is C17H13Cl2NO5. The van der Waals surface area contributed by atoms with E-state index in [2.05, 4.69) is 5.32 Å². The topological polar surface area (TPSA) is 73.9 Å². The minimum absolute atomic E-state index is 0.0373. The van der Waals surface area contributed by atoms with Crippen molar-refractivity contribution in [3.63, 3.8) is 0 Å². The average molecular weight is 382 g/mol. The predicted molar refractivity (Wildman–Crippen MR) is 91.2 cm³/mol. The van der Waals surface area contributed by atoms with E-state index in [0.29, 0.717) is 32.7 Å². The molecule has 0 unspecified atom stereocenters. The van der Waals surface area contributed by atoms with Gasteiger partial charge in [0, 0.05) is 5.56 Å². The number of carbonyl (C=O) groups excluding carboxylic acids is 2. The highest BCUT2D eigenvalue weighted by Crippen LogP contribution is 2.32. The second kappa shape index (κ2) is 7.63. The van der Waals surface area contributed by atoms with Gasteiger partial charge in [0.05, 0.1) is 10.0 Å². The number of amides is 1. The van der Waals surface area contributed by atoms with E-state index < -0.39 is 11.9 Å². The molecule has 1 heterocycles. The maximum atomic E-state index is 12.1. The first-order valence-corrected chi connectivity index (χ1v) is 8.06. The smallest absolute Gasteiger partial charge is 0.325 e. The predicted octanol–water partition coefficient (Wildman–Crippen LogP) is 3.20. The number of hydrogen-bond acceptors (Lipinski definition) is 5. The lowest BCUT2D eigenvalue weighted by Crippen LogP contribution is -2.30. The normalized spacial score (nSPS) is 11.9. The van der Waals surface area contributed by atoms with Crippen LogP contribution in [0.2, 0.25) is 10.0 Å². The van der Waals surface area contributed by atoms with Crippen LogP contribution in [0.1, 0.15) is 15.9 Å². The summed E-state index contributed by atoms with van der Waals surface area (Å²) >= 11 is 11.7. The second-order valence-electron chi connectivity index (χ2n) is 5.16. The molecule has 2 aromatic rings. The molecule has 0 spiro atoms. The highest BCUT2D eigenvalue weighted by Gasteiger charge is 2.16.